The highest BCUT2D eigenvalue weighted by Crippen LogP contribution is 2.38. The Morgan fingerprint density at radius 2 is 1.03 bits per heavy atom. The lowest BCUT2D eigenvalue weighted by atomic mass is 9.93. The van der Waals surface area contributed by atoms with E-state index >= 15 is 0 Å². The lowest BCUT2D eigenvalue weighted by Gasteiger charge is -2.19. The molecular formula is C32H26N2. The number of fused-ring (bicyclic) bond motifs is 3. The molecule has 0 saturated heterocycles. The first-order valence-electron chi connectivity index (χ1n) is 11.8. The molecule has 0 amide bonds. The van der Waals surface area contributed by atoms with Crippen LogP contribution < -0.4 is 0 Å². The van der Waals surface area contributed by atoms with Gasteiger partial charge in [0.2, 0.25) is 0 Å². The summed E-state index contributed by atoms with van der Waals surface area (Å²) in [6.07, 6.45) is 0. The summed E-state index contributed by atoms with van der Waals surface area (Å²) >= 11 is 0. The number of aromatic nitrogens is 2. The minimum Gasteiger partial charge on any atom is -0.294 e. The van der Waals surface area contributed by atoms with E-state index in [1.165, 1.54) is 49.6 Å². The maximum Gasteiger partial charge on any atom is 0.141 e. The maximum atomic E-state index is 5.39. The minimum atomic E-state index is 0.998. The Morgan fingerprint density at radius 3 is 1.68 bits per heavy atom. The average Bonchev–Trinajstić information content (AvgIpc) is 3.23. The van der Waals surface area contributed by atoms with Gasteiger partial charge in [0, 0.05) is 16.3 Å². The fraction of sp³-hybridized carbons (Fsp3) is 0.0938. The average molecular weight is 439 g/mol. The summed E-state index contributed by atoms with van der Waals surface area (Å²) in [4.78, 5) is 5.39. The van der Waals surface area contributed by atoms with E-state index in [1.807, 2.05) is 0 Å². The van der Waals surface area contributed by atoms with E-state index in [0.29, 0.717) is 0 Å². The molecule has 0 atom stereocenters. The molecular weight excluding hydrogens is 412 g/mol. The van der Waals surface area contributed by atoms with Gasteiger partial charge in [0.25, 0.3) is 0 Å². The van der Waals surface area contributed by atoms with Gasteiger partial charge in [0.1, 0.15) is 5.82 Å². The molecule has 0 radical (unpaired) electrons. The number of rotatable bonds is 3. The lowest BCUT2D eigenvalue weighted by Crippen LogP contribution is -2.06. The first-order valence-corrected chi connectivity index (χ1v) is 11.8. The quantitative estimate of drug-likeness (QED) is 0.271. The van der Waals surface area contributed by atoms with Gasteiger partial charge in [-0.2, -0.15) is 0 Å². The fourth-order valence-corrected chi connectivity index (χ4v) is 5.09. The molecule has 0 bridgehead atoms. The third-order valence-electron chi connectivity index (χ3n) is 7.09. The molecule has 6 rings (SSSR count). The molecule has 164 valence electrons. The molecule has 0 unspecified atom stereocenters. The smallest absolute Gasteiger partial charge is 0.141 e. The molecule has 2 nitrogen and oxygen atoms in total. The van der Waals surface area contributed by atoms with Gasteiger partial charge < -0.3 is 0 Å². The minimum absolute atomic E-state index is 0.998. The summed E-state index contributed by atoms with van der Waals surface area (Å²) < 4.78 is 2.33. The van der Waals surface area contributed by atoms with Crippen molar-refractivity contribution in [1.82, 2.24) is 9.55 Å². The van der Waals surface area contributed by atoms with E-state index in [1.54, 1.807) is 0 Å². The molecule has 34 heavy (non-hydrogen) atoms. The van der Waals surface area contributed by atoms with Crippen molar-refractivity contribution in [2.75, 3.05) is 0 Å². The van der Waals surface area contributed by atoms with Gasteiger partial charge in [0.15, 0.2) is 0 Å². The van der Waals surface area contributed by atoms with Gasteiger partial charge in [-0.25, -0.2) is 4.98 Å². The summed E-state index contributed by atoms with van der Waals surface area (Å²) in [6, 6.07) is 36.4. The predicted molar refractivity (Wildman–Crippen MR) is 144 cm³/mol. The fourth-order valence-electron chi connectivity index (χ4n) is 5.09. The van der Waals surface area contributed by atoms with Gasteiger partial charge in [-0.3, -0.25) is 4.57 Å². The zero-order chi connectivity index (χ0) is 23.2. The van der Waals surface area contributed by atoms with Crippen molar-refractivity contribution in [3.8, 4) is 28.2 Å². The third-order valence-corrected chi connectivity index (χ3v) is 7.09. The van der Waals surface area contributed by atoms with Crippen LogP contribution in [-0.2, 0) is 0 Å². The highest BCUT2D eigenvalue weighted by Gasteiger charge is 2.20. The van der Waals surface area contributed by atoms with Gasteiger partial charge in [0.05, 0.1) is 16.7 Å². The van der Waals surface area contributed by atoms with Crippen LogP contribution in [0.25, 0.3) is 50.0 Å². The summed E-state index contributed by atoms with van der Waals surface area (Å²) in [6.45, 7) is 6.61. The van der Waals surface area contributed by atoms with Crippen LogP contribution in [0.15, 0.2) is 103 Å². The first kappa shape index (κ1) is 20.4. The van der Waals surface area contributed by atoms with Crippen molar-refractivity contribution in [2.45, 2.75) is 20.8 Å². The predicted octanol–water partition coefficient (Wildman–Crippen LogP) is 8.44. The van der Waals surface area contributed by atoms with Crippen LogP contribution in [-0.4, -0.2) is 9.55 Å². The zero-order valence-electron chi connectivity index (χ0n) is 19.7. The molecule has 0 spiro atoms. The molecule has 6 aromatic rings. The second-order valence-corrected chi connectivity index (χ2v) is 8.94. The van der Waals surface area contributed by atoms with Crippen molar-refractivity contribution in [2.24, 2.45) is 0 Å². The molecule has 2 heterocycles. The summed E-state index contributed by atoms with van der Waals surface area (Å²) in [7, 11) is 0. The van der Waals surface area contributed by atoms with E-state index in [0.717, 1.165) is 17.1 Å². The summed E-state index contributed by atoms with van der Waals surface area (Å²) in [5.41, 5.74) is 10.7. The molecule has 2 heteroatoms. The largest absolute Gasteiger partial charge is 0.294 e. The first-order chi connectivity index (χ1) is 16.6. The van der Waals surface area contributed by atoms with Gasteiger partial charge in [-0.1, -0.05) is 91.0 Å². The SMILES string of the molecule is Cc1c(-c2ccccc2-c2ccccc2)nc(-n2c3ccccc3c3ccccc32)c(C)c1C. The van der Waals surface area contributed by atoms with Crippen LogP contribution in [0.1, 0.15) is 16.7 Å². The Hall–Kier alpha value is -4.17. The Bertz CT molecular complexity index is 1620. The number of hydrogen-bond donors (Lipinski definition) is 0. The van der Waals surface area contributed by atoms with Crippen molar-refractivity contribution in [3.05, 3.63) is 120 Å². The van der Waals surface area contributed by atoms with Crippen LogP contribution in [0.2, 0.25) is 0 Å². The highest BCUT2D eigenvalue weighted by atomic mass is 15.1. The summed E-state index contributed by atoms with van der Waals surface area (Å²) in [5, 5.41) is 2.51. The van der Waals surface area contributed by atoms with E-state index in [2.05, 4.69) is 128 Å². The van der Waals surface area contributed by atoms with Crippen LogP contribution >= 0.6 is 0 Å². The molecule has 0 aliphatic heterocycles. The van der Waals surface area contributed by atoms with Crippen molar-refractivity contribution in [3.63, 3.8) is 0 Å². The normalized spacial score (nSPS) is 11.4. The van der Waals surface area contributed by atoms with Gasteiger partial charge in [-0.05, 0) is 60.7 Å². The van der Waals surface area contributed by atoms with E-state index < -0.39 is 0 Å². The topological polar surface area (TPSA) is 17.8 Å². The Morgan fingerprint density at radius 1 is 0.500 bits per heavy atom. The maximum absolute atomic E-state index is 5.39. The van der Waals surface area contributed by atoms with E-state index in [9.17, 15) is 0 Å². The standard InChI is InChI=1S/C32H26N2/c1-21-22(2)31(28-18-8-7-15-25(28)24-13-5-4-6-14-24)33-32(23(21)3)34-29-19-11-9-16-26(29)27-17-10-12-20-30(27)34/h4-20H,1-3H3. The molecule has 0 N–H and O–H groups in total. The Kier molecular flexibility index (Phi) is 4.81. The zero-order valence-corrected chi connectivity index (χ0v) is 19.7. The molecule has 4 aromatic carbocycles. The van der Waals surface area contributed by atoms with E-state index in [4.69, 9.17) is 4.98 Å². The Labute approximate surface area is 200 Å². The van der Waals surface area contributed by atoms with Crippen LogP contribution in [0.5, 0.6) is 0 Å². The van der Waals surface area contributed by atoms with Crippen molar-refractivity contribution in [1.29, 1.82) is 0 Å². The second-order valence-electron chi connectivity index (χ2n) is 8.94. The lowest BCUT2D eigenvalue weighted by molar-refractivity contribution is 1.03. The summed E-state index contributed by atoms with van der Waals surface area (Å²) in [5.74, 6) is 0.998. The molecule has 2 aromatic heterocycles. The van der Waals surface area contributed by atoms with Crippen molar-refractivity contribution >= 4 is 21.8 Å². The van der Waals surface area contributed by atoms with Crippen LogP contribution in [0, 0.1) is 20.8 Å². The van der Waals surface area contributed by atoms with Gasteiger partial charge >= 0.3 is 0 Å². The van der Waals surface area contributed by atoms with Crippen LogP contribution in [0.4, 0.5) is 0 Å². The molecule has 0 saturated carbocycles. The monoisotopic (exact) mass is 438 g/mol. The number of hydrogen-bond acceptors (Lipinski definition) is 1. The number of pyridine rings is 1. The number of nitrogens with zero attached hydrogens (tertiary/aromatic N) is 2. The van der Waals surface area contributed by atoms with Crippen molar-refractivity contribution < 1.29 is 0 Å². The van der Waals surface area contributed by atoms with Crippen LogP contribution in [0.3, 0.4) is 0 Å². The van der Waals surface area contributed by atoms with Gasteiger partial charge in [-0.15, -0.1) is 0 Å². The second kappa shape index (κ2) is 8.00. The third kappa shape index (κ3) is 3.07. The molecule has 0 aliphatic carbocycles. The number of benzene rings is 4. The van der Waals surface area contributed by atoms with E-state index in [-0.39, 0.29) is 0 Å². The number of para-hydroxylation sites is 2. The molecule has 0 fully saturated rings. The molecule has 0 aliphatic rings. The highest BCUT2D eigenvalue weighted by molar-refractivity contribution is 6.09. The Balaban J connectivity index is 1.69.